The molecule has 0 aliphatic heterocycles. The summed E-state index contributed by atoms with van der Waals surface area (Å²) in [6.07, 6.45) is -0.599. The Morgan fingerprint density at radius 3 is 2.64 bits per heavy atom. The summed E-state index contributed by atoms with van der Waals surface area (Å²) in [4.78, 5) is 10.9. The summed E-state index contributed by atoms with van der Waals surface area (Å²) in [5.74, 6) is 0.0441. The van der Waals surface area contributed by atoms with Gasteiger partial charge in [-0.3, -0.25) is 4.79 Å². The molecule has 0 amide bonds. The van der Waals surface area contributed by atoms with Crippen LogP contribution in [0.5, 0.6) is 0 Å². The second-order valence-corrected chi connectivity index (χ2v) is 3.28. The minimum Gasteiger partial charge on any atom is -0.393 e. The van der Waals surface area contributed by atoms with Gasteiger partial charge in [-0.2, -0.15) is 0 Å². The van der Waals surface area contributed by atoms with Crippen LogP contribution < -0.4 is 0 Å². The molecule has 1 rings (SSSR count). The maximum absolute atomic E-state index is 10.9. The smallest absolute Gasteiger partial charge is 0.134 e. The highest BCUT2D eigenvalue weighted by atomic mass is 16.3. The van der Waals surface area contributed by atoms with Gasteiger partial charge in [-0.15, -0.1) is 0 Å². The van der Waals surface area contributed by atoms with E-state index in [1.54, 1.807) is 18.2 Å². The number of benzene rings is 1. The van der Waals surface area contributed by atoms with Crippen molar-refractivity contribution in [3.8, 4) is 0 Å². The molecular weight excluding hydrogens is 180 g/mol. The predicted molar refractivity (Wildman–Crippen MR) is 52.9 cm³/mol. The molecule has 0 radical (unpaired) electrons. The molecule has 1 aromatic rings. The number of rotatable bonds is 4. The topological polar surface area (TPSA) is 57.5 Å². The monoisotopic (exact) mass is 194 g/mol. The first-order chi connectivity index (χ1) is 6.65. The highest BCUT2D eigenvalue weighted by molar-refractivity contribution is 5.78. The van der Waals surface area contributed by atoms with Crippen LogP contribution in [-0.2, 0) is 11.2 Å². The number of hydrogen-bond donors (Lipinski definition) is 2. The summed E-state index contributed by atoms with van der Waals surface area (Å²) in [5, 5.41) is 18.3. The molecule has 1 atom stereocenters. The van der Waals surface area contributed by atoms with E-state index in [0.29, 0.717) is 12.0 Å². The standard InChI is InChI=1S/C11H14O3/c1-8(13)6-9-4-2-3-5-10(9)11(14)7-12/h2-5,11-12,14H,6-7H2,1H3. The van der Waals surface area contributed by atoms with Gasteiger partial charge in [0.2, 0.25) is 0 Å². The molecule has 0 heterocycles. The van der Waals surface area contributed by atoms with E-state index in [9.17, 15) is 9.90 Å². The SMILES string of the molecule is CC(=O)Cc1ccccc1C(O)CO. The van der Waals surface area contributed by atoms with Crippen LogP contribution in [0, 0.1) is 0 Å². The number of Topliss-reactive ketones (excluding diaryl/α,β-unsaturated/α-hetero) is 1. The first-order valence-electron chi connectivity index (χ1n) is 4.51. The van der Waals surface area contributed by atoms with Crippen LogP contribution in [0.4, 0.5) is 0 Å². The van der Waals surface area contributed by atoms with E-state index < -0.39 is 6.10 Å². The van der Waals surface area contributed by atoms with Gasteiger partial charge in [-0.05, 0) is 18.1 Å². The second-order valence-electron chi connectivity index (χ2n) is 3.28. The van der Waals surface area contributed by atoms with Crippen molar-refractivity contribution in [3.05, 3.63) is 35.4 Å². The molecular formula is C11H14O3. The molecule has 3 heteroatoms. The number of aliphatic hydroxyl groups excluding tert-OH is 2. The largest absolute Gasteiger partial charge is 0.393 e. The van der Waals surface area contributed by atoms with Gasteiger partial charge in [0.15, 0.2) is 0 Å². The van der Waals surface area contributed by atoms with Crippen LogP contribution in [0.2, 0.25) is 0 Å². The Balaban J connectivity index is 2.96. The molecule has 0 aromatic heterocycles. The molecule has 3 nitrogen and oxygen atoms in total. The van der Waals surface area contributed by atoms with Crippen LogP contribution in [-0.4, -0.2) is 22.6 Å². The number of hydrogen-bond acceptors (Lipinski definition) is 3. The zero-order valence-corrected chi connectivity index (χ0v) is 8.10. The fourth-order valence-electron chi connectivity index (χ4n) is 1.39. The number of carbonyl (C=O) groups is 1. The predicted octanol–water partition coefficient (Wildman–Crippen LogP) is 0.844. The van der Waals surface area contributed by atoms with Crippen molar-refractivity contribution < 1.29 is 15.0 Å². The van der Waals surface area contributed by atoms with Crippen LogP contribution in [0.15, 0.2) is 24.3 Å². The van der Waals surface area contributed by atoms with E-state index in [0.717, 1.165) is 5.56 Å². The average Bonchev–Trinajstić information content (AvgIpc) is 2.16. The van der Waals surface area contributed by atoms with Gasteiger partial charge in [0, 0.05) is 6.42 Å². The summed E-state index contributed by atoms with van der Waals surface area (Å²) >= 11 is 0. The van der Waals surface area contributed by atoms with E-state index >= 15 is 0 Å². The second kappa shape index (κ2) is 4.88. The molecule has 2 N–H and O–H groups in total. The highest BCUT2D eigenvalue weighted by Crippen LogP contribution is 2.18. The molecule has 0 fully saturated rings. The summed E-state index contributed by atoms with van der Waals surface area (Å²) < 4.78 is 0. The first-order valence-corrected chi connectivity index (χ1v) is 4.51. The molecule has 0 bridgehead atoms. The van der Waals surface area contributed by atoms with Crippen molar-refractivity contribution in [1.29, 1.82) is 0 Å². The molecule has 0 spiro atoms. The van der Waals surface area contributed by atoms with Gasteiger partial charge in [-0.1, -0.05) is 24.3 Å². The maximum atomic E-state index is 10.9. The Labute approximate surface area is 83.0 Å². The summed E-state index contributed by atoms with van der Waals surface area (Å²) in [6, 6.07) is 7.10. The summed E-state index contributed by atoms with van der Waals surface area (Å²) in [6.45, 7) is 1.18. The Morgan fingerprint density at radius 1 is 1.43 bits per heavy atom. The van der Waals surface area contributed by atoms with Crippen LogP contribution in [0.1, 0.15) is 24.2 Å². The fourth-order valence-corrected chi connectivity index (χ4v) is 1.39. The zero-order valence-electron chi connectivity index (χ0n) is 8.10. The van der Waals surface area contributed by atoms with Crippen molar-refractivity contribution in [3.63, 3.8) is 0 Å². The molecule has 1 aromatic carbocycles. The molecule has 0 saturated heterocycles. The van der Waals surface area contributed by atoms with Crippen molar-refractivity contribution in [1.82, 2.24) is 0 Å². The highest BCUT2D eigenvalue weighted by Gasteiger charge is 2.11. The zero-order chi connectivity index (χ0) is 10.6. The molecule has 0 aliphatic rings. The Morgan fingerprint density at radius 2 is 2.07 bits per heavy atom. The van der Waals surface area contributed by atoms with E-state index in [2.05, 4.69) is 0 Å². The van der Waals surface area contributed by atoms with Crippen molar-refractivity contribution in [2.45, 2.75) is 19.4 Å². The molecule has 0 aliphatic carbocycles. The van der Waals surface area contributed by atoms with Gasteiger partial charge in [0.05, 0.1) is 6.61 Å². The minimum atomic E-state index is -0.898. The van der Waals surface area contributed by atoms with E-state index in [4.69, 9.17) is 5.11 Å². The van der Waals surface area contributed by atoms with Gasteiger partial charge >= 0.3 is 0 Å². The van der Waals surface area contributed by atoms with Gasteiger partial charge < -0.3 is 10.2 Å². The third kappa shape index (κ3) is 2.65. The Kier molecular flexibility index (Phi) is 3.80. The van der Waals surface area contributed by atoms with E-state index in [1.807, 2.05) is 6.07 Å². The van der Waals surface area contributed by atoms with Gasteiger partial charge in [0.1, 0.15) is 11.9 Å². The van der Waals surface area contributed by atoms with E-state index in [-0.39, 0.29) is 12.4 Å². The molecule has 76 valence electrons. The van der Waals surface area contributed by atoms with Crippen LogP contribution in [0.25, 0.3) is 0 Å². The van der Waals surface area contributed by atoms with Gasteiger partial charge in [0.25, 0.3) is 0 Å². The van der Waals surface area contributed by atoms with Crippen molar-refractivity contribution in [2.24, 2.45) is 0 Å². The number of ketones is 1. The number of carbonyl (C=O) groups excluding carboxylic acids is 1. The third-order valence-electron chi connectivity index (χ3n) is 2.03. The third-order valence-corrected chi connectivity index (χ3v) is 2.03. The lowest BCUT2D eigenvalue weighted by Gasteiger charge is -2.12. The van der Waals surface area contributed by atoms with Crippen LogP contribution >= 0.6 is 0 Å². The lowest BCUT2D eigenvalue weighted by atomic mass is 9.99. The normalized spacial score (nSPS) is 12.5. The quantitative estimate of drug-likeness (QED) is 0.746. The van der Waals surface area contributed by atoms with Gasteiger partial charge in [-0.25, -0.2) is 0 Å². The van der Waals surface area contributed by atoms with Crippen molar-refractivity contribution in [2.75, 3.05) is 6.61 Å². The molecule has 14 heavy (non-hydrogen) atoms. The lowest BCUT2D eigenvalue weighted by Crippen LogP contribution is -2.08. The molecule has 1 unspecified atom stereocenters. The Hall–Kier alpha value is -1.19. The number of aliphatic hydroxyl groups is 2. The fraction of sp³-hybridized carbons (Fsp3) is 0.364. The van der Waals surface area contributed by atoms with Crippen LogP contribution in [0.3, 0.4) is 0 Å². The first kappa shape index (κ1) is 10.9. The average molecular weight is 194 g/mol. The maximum Gasteiger partial charge on any atom is 0.134 e. The van der Waals surface area contributed by atoms with E-state index in [1.165, 1.54) is 6.92 Å². The molecule has 0 saturated carbocycles. The summed E-state index contributed by atoms with van der Waals surface area (Å²) in [5.41, 5.74) is 1.41. The lowest BCUT2D eigenvalue weighted by molar-refractivity contribution is -0.116. The summed E-state index contributed by atoms with van der Waals surface area (Å²) in [7, 11) is 0. The van der Waals surface area contributed by atoms with Crippen molar-refractivity contribution >= 4 is 5.78 Å². The Bertz CT molecular complexity index is 320. The minimum absolute atomic E-state index is 0.0441.